The summed E-state index contributed by atoms with van der Waals surface area (Å²) in [6, 6.07) is 8.74. The minimum Gasteiger partial charge on any atom is -0.465 e. The van der Waals surface area contributed by atoms with Crippen LogP contribution < -0.4 is 5.32 Å². The fraction of sp³-hybridized carbons (Fsp3) is 0.118. The highest BCUT2D eigenvalue weighted by Gasteiger charge is 2.16. The van der Waals surface area contributed by atoms with Crippen molar-refractivity contribution in [3.63, 3.8) is 0 Å². The van der Waals surface area contributed by atoms with Crippen LogP contribution in [-0.4, -0.2) is 16.0 Å². The molecule has 7 heteroatoms. The second-order valence-corrected chi connectivity index (χ2v) is 5.04. The first-order valence-electron chi connectivity index (χ1n) is 7.23. The molecule has 0 bridgehead atoms. The van der Waals surface area contributed by atoms with Gasteiger partial charge in [0.1, 0.15) is 17.6 Å². The molecule has 0 aliphatic carbocycles. The number of nitrogens with zero attached hydrogens (tertiary/aromatic N) is 2. The molecule has 122 valence electrons. The molecule has 1 unspecified atom stereocenters. The molecule has 1 N–H and O–H groups in total. The number of hydrogen-bond donors (Lipinski definition) is 1. The van der Waals surface area contributed by atoms with Crippen LogP contribution in [0.15, 0.2) is 57.7 Å². The second-order valence-electron chi connectivity index (χ2n) is 5.04. The molecule has 0 radical (unpaired) electrons. The van der Waals surface area contributed by atoms with Gasteiger partial charge >= 0.3 is 0 Å². The Balaban J connectivity index is 1.64. The second kappa shape index (κ2) is 6.91. The number of carbonyl (C=O) groups excluding carboxylic acids is 1. The van der Waals surface area contributed by atoms with E-state index in [4.69, 9.17) is 8.94 Å². The van der Waals surface area contributed by atoms with Gasteiger partial charge in [0.05, 0.1) is 6.26 Å². The minimum absolute atomic E-state index is 0.258. The molecule has 2 aromatic heterocycles. The highest BCUT2D eigenvalue weighted by Crippen LogP contribution is 2.19. The third-order valence-corrected chi connectivity index (χ3v) is 3.22. The molecule has 24 heavy (non-hydrogen) atoms. The Morgan fingerprint density at radius 2 is 2.08 bits per heavy atom. The van der Waals surface area contributed by atoms with Gasteiger partial charge in [0.2, 0.25) is 17.6 Å². The summed E-state index contributed by atoms with van der Waals surface area (Å²) in [5.41, 5.74) is 0.627. The lowest BCUT2D eigenvalue weighted by Crippen LogP contribution is -2.24. The van der Waals surface area contributed by atoms with Gasteiger partial charge in [-0.3, -0.25) is 4.79 Å². The smallest absolute Gasteiger partial charge is 0.249 e. The molecular formula is C17H14FN3O3. The van der Waals surface area contributed by atoms with E-state index in [1.165, 1.54) is 24.5 Å². The van der Waals surface area contributed by atoms with Crippen molar-refractivity contribution < 1.29 is 18.1 Å². The van der Waals surface area contributed by atoms with Gasteiger partial charge in [0.25, 0.3) is 0 Å². The van der Waals surface area contributed by atoms with E-state index in [1.807, 2.05) is 0 Å². The van der Waals surface area contributed by atoms with Gasteiger partial charge in [-0.15, -0.1) is 0 Å². The number of hydrogen-bond acceptors (Lipinski definition) is 5. The third kappa shape index (κ3) is 3.75. The Morgan fingerprint density at radius 3 is 2.79 bits per heavy atom. The van der Waals surface area contributed by atoms with Crippen LogP contribution in [0.2, 0.25) is 0 Å². The summed E-state index contributed by atoms with van der Waals surface area (Å²) in [5, 5.41) is 6.55. The van der Waals surface area contributed by atoms with Crippen LogP contribution in [-0.2, 0) is 4.79 Å². The Bertz CT molecular complexity index is 838. The predicted molar refractivity (Wildman–Crippen MR) is 84.0 cm³/mol. The number of amides is 1. The molecule has 1 amide bonds. The number of benzene rings is 1. The van der Waals surface area contributed by atoms with Crippen LogP contribution in [0.25, 0.3) is 17.5 Å². The quantitative estimate of drug-likeness (QED) is 0.727. The Morgan fingerprint density at radius 1 is 1.29 bits per heavy atom. The van der Waals surface area contributed by atoms with E-state index in [2.05, 4.69) is 15.5 Å². The first-order chi connectivity index (χ1) is 11.6. The van der Waals surface area contributed by atoms with Gasteiger partial charge in [-0.05, 0) is 49.4 Å². The molecule has 0 fully saturated rings. The Hall–Kier alpha value is -3.22. The zero-order valence-corrected chi connectivity index (χ0v) is 12.8. The topological polar surface area (TPSA) is 81.2 Å². The maximum atomic E-state index is 12.9. The summed E-state index contributed by atoms with van der Waals surface area (Å²) in [6.45, 7) is 1.72. The highest BCUT2D eigenvalue weighted by atomic mass is 19.1. The zero-order valence-electron chi connectivity index (χ0n) is 12.8. The van der Waals surface area contributed by atoms with Gasteiger partial charge in [-0.1, -0.05) is 5.16 Å². The van der Waals surface area contributed by atoms with Crippen molar-refractivity contribution in [1.82, 2.24) is 15.5 Å². The Labute approximate surface area is 137 Å². The minimum atomic E-state index is -0.472. The summed E-state index contributed by atoms with van der Waals surface area (Å²) in [4.78, 5) is 16.1. The highest BCUT2D eigenvalue weighted by molar-refractivity contribution is 5.91. The summed E-state index contributed by atoms with van der Waals surface area (Å²) in [6.07, 6.45) is 4.43. The molecule has 1 atom stereocenters. The average Bonchev–Trinajstić information content (AvgIpc) is 3.25. The number of halogens is 1. The fourth-order valence-electron chi connectivity index (χ4n) is 1.99. The molecule has 2 heterocycles. The fourth-order valence-corrected chi connectivity index (χ4v) is 1.99. The van der Waals surface area contributed by atoms with Crippen molar-refractivity contribution >= 4 is 12.0 Å². The van der Waals surface area contributed by atoms with E-state index in [9.17, 15) is 9.18 Å². The van der Waals surface area contributed by atoms with Crippen molar-refractivity contribution in [2.24, 2.45) is 0 Å². The number of aromatic nitrogens is 2. The molecular weight excluding hydrogens is 313 g/mol. The number of carbonyl (C=O) groups is 1. The van der Waals surface area contributed by atoms with E-state index in [1.54, 1.807) is 37.3 Å². The normalized spacial score (nSPS) is 12.4. The van der Waals surface area contributed by atoms with Crippen LogP contribution in [0.5, 0.6) is 0 Å². The average molecular weight is 327 g/mol. The van der Waals surface area contributed by atoms with Gasteiger partial charge < -0.3 is 14.3 Å². The summed E-state index contributed by atoms with van der Waals surface area (Å²) in [5.74, 6) is 0.507. The SMILES string of the molecule is CC(NC(=O)C=Cc1ccco1)c1nc(-c2ccc(F)cc2)no1. The predicted octanol–water partition coefficient (Wildman–Crippen LogP) is 3.36. The van der Waals surface area contributed by atoms with Crippen molar-refractivity contribution in [3.8, 4) is 11.4 Å². The molecule has 0 spiro atoms. The van der Waals surface area contributed by atoms with E-state index < -0.39 is 6.04 Å². The van der Waals surface area contributed by atoms with E-state index in [-0.39, 0.29) is 17.6 Å². The van der Waals surface area contributed by atoms with Gasteiger partial charge in [-0.25, -0.2) is 4.39 Å². The van der Waals surface area contributed by atoms with Crippen LogP contribution in [0.4, 0.5) is 4.39 Å². The maximum Gasteiger partial charge on any atom is 0.249 e. The van der Waals surface area contributed by atoms with Crippen LogP contribution in [0.3, 0.4) is 0 Å². The molecule has 3 rings (SSSR count). The van der Waals surface area contributed by atoms with Gasteiger partial charge in [0, 0.05) is 11.6 Å². The summed E-state index contributed by atoms with van der Waals surface area (Å²) in [7, 11) is 0. The molecule has 1 aromatic carbocycles. The lowest BCUT2D eigenvalue weighted by Gasteiger charge is -2.06. The molecule has 0 saturated heterocycles. The van der Waals surface area contributed by atoms with Crippen molar-refractivity contribution in [2.75, 3.05) is 0 Å². The van der Waals surface area contributed by atoms with Crippen molar-refractivity contribution in [3.05, 3.63) is 66.2 Å². The van der Waals surface area contributed by atoms with E-state index >= 15 is 0 Å². The first-order valence-corrected chi connectivity index (χ1v) is 7.23. The molecule has 6 nitrogen and oxygen atoms in total. The number of rotatable bonds is 5. The van der Waals surface area contributed by atoms with E-state index in [0.717, 1.165) is 0 Å². The lowest BCUT2D eigenvalue weighted by molar-refractivity contribution is -0.117. The van der Waals surface area contributed by atoms with Crippen molar-refractivity contribution in [2.45, 2.75) is 13.0 Å². The molecule has 0 aliphatic rings. The monoisotopic (exact) mass is 327 g/mol. The maximum absolute atomic E-state index is 12.9. The number of furan rings is 1. The zero-order chi connectivity index (χ0) is 16.9. The van der Waals surface area contributed by atoms with Crippen LogP contribution in [0.1, 0.15) is 24.6 Å². The van der Waals surface area contributed by atoms with Crippen molar-refractivity contribution in [1.29, 1.82) is 0 Å². The standard InChI is InChI=1S/C17H14FN3O3/c1-11(19-15(22)9-8-14-3-2-10-23-14)17-20-16(21-24-17)12-4-6-13(18)7-5-12/h2-11H,1H3,(H,19,22). The van der Waals surface area contributed by atoms with E-state index in [0.29, 0.717) is 17.1 Å². The van der Waals surface area contributed by atoms with Gasteiger partial charge in [0.15, 0.2) is 0 Å². The molecule has 0 saturated carbocycles. The first kappa shape index (κ1) is 15.7. The van der Waals surface area contributed by atoms with Crippen LogP contribution >= 0.6 is 0 Å². The van der Waals surface area contributed by atoms with Gasteiger partial charge in [-0.2, -0.15) is 4.98 Å². The lowest BCUT2D eigenvalue weighted by atomic mass is 10.2. The Kier molecular flexibility index (Phi) is 4.51. The van der Waals surface area contributed by atoms with Crippen LogP contribution in [0, 0.1) is 5.82 Å². The third-order valence-electron chi connectivity index (χ3n) is 3.22. The summed E-state index contributed by atoms with van der Waals surface area (Å²) >= 11 is 0. The summed E-state index contributed by atoms with van der Waals surface area (Å²) < 4.78 is 23.2. The largest absolute Gasteiger partial charge is 0.465 e. The number of nitrogens with one attached hydrogen (secondary N) is 1. The molecule has 3 aromatic rings. The molecule has 0 aliphatic heterocycles.